The van der Waals surface area contributed by atoms with Crippen LogP contribution in [0.25, 0.3) is 5.69 Å². The molecule has 3 rings (SSSR count). The average Bonchev–Trinajstić information content (AvgIpc) is 3.05. The van der Waals surface area contributed by atoms with Crippen LogP contribution in [0, 0.1) is 6.92 Å². The van der Waals surface area contributed by atoms with Gasteiger partial charge in [-0.3, -0.25) is 14.9 Å². The first-order valence-electron chi connectivity index (χ1n) is 7.76. The van der Waals surface area contributed by atoms with Gasteiger partial charge in [0.25, 0.3) is 5.91 Å². The number of anilines is 1. The summed E-state index contributed by atoms with van der Waals surface area (Å²) in [6.07, 6.45) is 1.53. The molecule has 25 heavy (non-hydrogen) atoms. The van der Waals surface area contributed by atoms with E-state index in [1.807, 2.05) is 45.0 Å². The minimum Gasteiger partial charge on any atom is -0.295 e. The van der Waals surface area contributed by atoms with Crippen LogP contribution in [0.1, 0.15) is 40.8 Å². The van der Waals surface area contributed by atoms with Gasteiger partial charge in [-0.05, 0) is 19.1 Å². The maximum Gasteiger partial charge on any atom is 0.282 e. The summed E-state index contributed by atoms with van der Waals surface area (Å²) in [5.74, 6) is -0.380. The van der Waals surface area contributed by atoms with Gasteiger partial charge in [-0.2, -0.15) is 5.10 Å². The molecule has 7 nitrogen and oxygen atoms in total. The van der Waals surface area contributed by atoms with Crippen LogP contribution in [0.2, 0.25) is 0 Å². The predicted octanol–water partition coefficient (Wildman–Crippen LogP) is 2.77. The molecule has 0 bridgehead atoms. The molecule has 8 heteroatoms. The molecule has 0 atom stereocenters. The lowest BCUT2D eigenvalue weighted by atomic mass is 10.2. The van der Waals surface area contributed by atoms with E-state index in [1.165, 1.54) is 28.3 Å². The van der Waals surface area contributed by atoms with Crippen molar-refractivity contribution in [3.8, 4) is 5.69 Å². The van der Waals surface area contributed by atoms with Crippen LogP contribution in [-0.4, -0.2) is 25.9 Å². The Kier molecular flexibility index (Phi) is 4.71. The summed E-state index contributed by atoms with van der Waals surface area (Å²) >= 11 is 1.28. The van der Waals surface area contributed by atoms with Crippen molar-refractivity contribution in [2.24, 2.45) is 0 Å². The van der Waals surface area contributed by atoms with Crippen LogP contribution >= 0.6 is 11.3 Å². The van der Waals surface area contributed by atoms with Gasteiger partial charge in [-0.1, -0.05) is 42.9 Å². The smallest absolute Gasteiger partial charge is 0.282 e. The van der Waals surface area contributed by atoms with Gasteiger partial charge >= 0.3 is 0 Å². The third kappa shape index (κ3) is 3.80. The molecule has 0 saturated heterocycles. The van der Waals surface area contributed by atoms with Crippen LogP contribution in [-0.2, 0) is 0 Å². The third-order valence-electron chi connectivity index (χ3n) is 3.48. The molecule has 0 spiro atoms. The number of amides is 1. The van der Waals surface area contributed by atoms with Crippen molar-refractivity contribution in [3.63, 3.8) is 0 Å². The molecule has 128 valence electrons. The number of hydrogen-bond acceptors (Lipinski definition) is 6. The fourth-order valence-corrected chi connectivity index (χ4v) is 2.82. The number of carbonyl (C=O) groups is 1. The second kappa shape index (κ2) is 6.94. The van der Waals surface area contributed by atoms with Gasteiger partial charge in [0.05, 0.1) is 5.69 Å². The molecule has 3 aromatic rings. The highest BCUT2D eigenvalue weighted by atomic mass is 32.1. The lowest BCUT2D eigenvalue weighted by Gasteiger charge is -2.07. The number of benzene rings is 1. The first kappa shape index (κ1) is 17.0. The van der Waals surface area contributed by atoms with Gasteiger partial charge in [0.1, 0.15) is 5.01 Å². The van der Waals surface area contributed by atoms with Gasteiger partial charge in [0.2, 0.25) is 10.6 Å². The lowest BCUT2D eigenvalue weighted by molar-refractivity contribution is 0.101. The Labute approximate surface area is 148 Å². The minimum absolute atomic E-state index is 0.190. The Balaban J connectivity index is 1.87. The van der Waals surface area contributed by atoms with E-state index in [1.54, 1.807) is 0 Å². The Morgan fingerprint density at radius 3 is 2.52 bits per heavy atom. The van der Waals surface area contributed by atoms with Crippen molar-refractivity contribution in [1.29, 1.82) is 0 Å². The largest absolute Gasteiger partial charge is 0.295 e. The van der Waals surface area contributed by atoms with Gasteiger partial charge in [0, 0.05) is 18.2 Å². The van der Waals surface area contributed by atoms with E-state index in [0.29, 0.717) is 5.13 Å². The molecule has 1 N–H and O–H groups in total. The second-order valence-corrected chi connectivity index (χ2v) is 6.87. The molecule has 2 aromatic heterocycles. The van der Waals surface area contributed by atoms with E-state index in [-0.39, 0.29) is 11.6 Å². The van der Waals surface area contributed by atoms with Crippen LogP contribution in [0.4, 0.5) is 5.13 Å². The Bertz CT molecular complexity index is 960. The zero-order valence-corrected chi connectivity index (χ0v) is 14.9. The molecule has 0 fully saturated rings. The SMILES string of the molecule is Cc1ccc(-n2ccc(=O)c(C(=O)Nc3nnc(C(C)C)s3)n2)cc1. The highest BCUT2D eigenvalue weighted by molar-refractivity contribution is 7.15. The van der Waals surface area contributed by atoms with Crippen LogP contribution < -0.4 is 10.7 Å². The molecule has 1 aromatic carbocycles. The van der Waals surface area contributed by atoms with Crippen molar-refractivity contribution >= 4 is 22.4 Å². The second-order valence-electron chi connectivity index (χ2n) is 5.86. The Hall–Kier alpha value is -2.87. The van der Waals surface area contributed by atoms with Crippen molar-refractivity contribution in [1.82, 2.24) is 20.0 Å². The standard InChI is InChI=1S/C17H17N5O2S/c1-10(2)16-19-20-17(25-16)18-15(24)14-13(23)8-9-22(21-14)12-6-4-11(3)5-7-12/h4-10H,1-3H3,(H,18,20,24). The summed E-state index contributed by atoms with van der Waals surface area (Å²) < 4.78 is 1.50. The van der Waals surface area contributed by atoms with Crippen molar-refractivity contribution in [2.45, 2.75) is 26.7 Å². The number of aromatic nitrogens is 4. The quantitative estimate of drug-likeness (QED) is 0.777. The molecule has 0 radical (unpaired) electrons. The molecule has 0 unspecified atom stereocenters. The lowest BCUT2D eigenvalue weighted by Crippen LogP contribution is -2.25. The monoisotopic (exact) mass is 355 g/mol. The summed E-state index contributed by atoms with van der Waals surface area (Å²) in [5, 5.41) is 15.8. The number of nitrogens with zero attached hydrogens (tertiary/aromatic N) is 4. The number of rotatable bonds is 4. The summed E-state index contributed by atoms with van der Waals surface area (Å²) in [7, 11) is 0. The summed E-state index contributed by atoms with van der Waals surface area (Å²) in [6.45, 7) is 5.96. The zero-order valence-electron chi connectivity index (χ0n) is 14.1. The molecule has 0 aliphatic carbocycles. The first-order valence-corrected chi connectivity index (χ1v) is 8.57. The van der Waals surface area contributed by atoms with Crippen molar-refractivity contribution < 1.29 is 4.79 Å². The van der Waals surface area contributed by atoms with E-state index >= 15 is 0 Å². The van der Waals surface area contributed by atoms with Crippen molar-refractivity contribution in [2.75, 3.05) is 5.32 Å². The normalized spacial score (nSPS) is 10.9. The minimum atomic E-state index is -0.599. The van der Waals surface area contributed by atoms with Gasteiger partial charge in [-0.15, -0.1) is 10.2 Å². The number of carbonyl (C=O) groups excluding carboxylic acids is 1. The van der Waals surface area contributed by atoms with E-state index in [4.69, 9.17) is 0 Å². The molecule has 0 aliphatic heterocycles. The maximum atomic E-state index is 12.4. The van der Waals surface area contributed by atoms with Gasteiger partial charge < -0.3 is 0 Å². The predicted molar refractivity (Wildman–Crippen MR) is 96.5 cm³/mol. The van der Waals surface area contributed by atoms with Gasteiger partial charge in [-0.25, -0.2) is 4.68 Å². The van der Waals surface area contributed by atoms with E-state index in [9.17, 15) is 9.59 Å². The third-order valence-corrected chi connectivity index (χ3v) is 4.62. The van der Waals surface area contributed by atoms with Crippen molar-refractivity contribution in [3.05, 3.63) is 63.0 Å². The number of hydrogen-bond donors (Lipinski definition) is 1. The summed E-state index contributed by atoms with van der Waals surface area (Å²) in [5.41, 5.74) is 1.23. The highest BCUT2D eigenvalue weighted by Crippen LogP contribution is 2.22. The molecular weight excluding hydrogens is 338 g/mol. The molecular formula is C17H17N5O2S. The van der Waals surface area contributed by atoms with E-state index in [0.717, 1.165) is 16.3 Å². The summed E-state index contributed by atoms with van der Waals surface area (Å²) in [6, 6.07) is 8.93. The van der Waals surface area contributed by atoms with E-state index in [2.05, 4.69) is 20.6 Å². The average molecular weight is 355 g/mol. The van der Waals surface area contributed by atoms with Gasteiger partial charge in [0.15, 0.2) is 5.69 Å². The topological polar surface area (TPSA) is 89.8 Å². The zero-order chi connectivity index (χ0) is 18.0. The fourth-order valence-electron chi connectivity index (χ4n) is 2.08. The fraction of sp³-hybridized carbons (Fsp3) is 0.235. The molecule has 0 aliphatic rings. The number of nitrogens with one attached hydrogen (secondary N) is 1. The van der Waals surface area contributed by atoms with Crippen LogP contribution in [0.15, 0.2) is 41.3 Å². The molecule has 1 amide bonds. The van der Waals surface area contributed by atoms with Crippen LogP contribution in [0.5, 0.6) is 0 Å². The highest BCUT2D eigenvalue weighted by Gasteiger charge is 2.16. The molecule has 2 heterocycles. The van der Waals surface area contributed by atoms with Crippen LogP contribution in [0.3, 0.4) is 0 Å². The maximum absolute atomic E-state index is 12.4. The Morgan fingerprint density at radius 2 is 1.88 bits per heavy atom. The molecule has 0 saturated carbocycles. The Morgan fingerprint density at radius 1 is 1.16 bits per heavy atom. The summed E-state index contributed by atoms with van der Waals surface area (Å²) in [4.78, 5) is 24.4. The van der Waals surface area contributed by atoms with E-state index < -0.39 is 11.3 Å². The number of aryl methyl sites for hydroxylation is 1. The first-order chi connectivity index (χ1) is 11.9.